The van der Waals surface area contributed by atoms with E-state index in [1.54, 1.807) is 24.5 Å². The normalized spacial score (nSPS) is 14.0. The highest BCUT2D eigenvalue weighted by atomic mass is 16.2. The van der Waals surface area contributed by atoms with Gasteiger partial charge < -0.3 is 10.6 Å². The van der Waals surface area contributed by atoms with Crippen LogP contribution in [0.25, 0.3) is 0 Å². The molecule has 96 valence electrons. The topological polar surface area (TPSA) is 59.2 Å². The standard InChI is InChI=1S/C15H15N3O/c16-13-5-6-14-11(9-13)4-2-8-18(14)15(19)12-3-1-7-17-10-12/h1,3,5-7,9-10H,2,4,8,16H2. The van der Waals surface area contributed by atoms with Gasteiger partial charge in [-0.1, -0.05) is 0 Å². The number of carbonyl (C=O) groups excluding carboxylic acids is 1. The average molecular weight is 253 g/mol. The second-order valence-corrected chi connectivity index (χ2v) is 4.69. The Morgan fingerprint density at radius 1 is 1.32 bits per heavy atom. The zero-order valence-corrected chi connectivity index (χ0v) is 10.5. The van der Waals surface area contributed by atoms with Crippen LogP contribution in [0.5, 0.6) is 0 Å². The molecule has 4 heteroatoms. The lowest BCUT2D eigenvalue weighted by Gasteiger charge is -2.29. The number of pyridine rings is 1. The van der Waals surface area contributed by atoms with Crippen molar-refractivity contribution in [2.75, 3.05) is 17.2 Å². The summed E-state index contributed by atoms with van der Waals surface area (Å²) in [5, 5.41) is 0. The molecule has 4 nitrogen and oxygen atoms in total. The van der Waals surface area contributed by atoms with Crippen molar-refractivity contribution in [3.05, 3.63) is 53.9 Å². The van der Waals surface area contributed by atoms with Gasteiger partial charge in [0.1, 0.15) is 0 Å². The van der Waals surface area contributed by atoms with Crippen molar-refractivity contribution in [3.8, 4) is 0 Å². The molecule has 0 spiro atoms. The molecule has 0 unspecified atom stereocenters. The highest BCUT2D eigenvalue weighted by molar-refractivity contribution is 6.06. The van der Waals surface area contributed by atoms with E-state index in [0.29, 0.717) is 5.56 Å². The number of hydrogen-bond acceptors (Lipinski definition) is 3. The van der Waals surface area contributed by atoms with Crippen molar-refractivity contribution >= 4 is 17.3 Å². The Balaban J connectivity index is 1.98. The Bertz CT molecular complexity index is 610. The van der Waals surface area contributed by atoms with Gasteiger partial charge in [0, 0.05) is 30.3 Å². The van der Waals surface area contributed by atoms with Crippen LogP contribution in [0.15, 0.2) is 42.7 Å². The van der Waals surface area contributed by atoms with Crippen LogP contribution in [0, 0.1) is 0 Å². The minimum Gasteiger partial charge on any atom is -0.399 e. The number of amides is 1. The van der Waals surface area contributed by atoms with E-state index in [9.17, 15) is 4.79 Å². The third-order valence-electron chi connectivity index (χ3n) is 3.38. The summed E-state index contributed by atoms with van der Waals surface area (Å²) in [6, 6.07) is 9.30. The number of aryl methyl sites for hydroxylation is 1. The minimum absolute atomic E-state index is 0.00109. The molecule has 1 aromatic heterocycles. The smallest absolute Gasteiger partial charge is 0.259 e. The van der Waals surface area contributed by atoms with E-state index in [1.807, 2.05) is 23.1 Å². The van der Waals surface area contributed by atoms with Gasteiger partial charge in [-0.2, -0.15) is 0 Å². The van der Waals surface area contributed by atoms with Gasteiger partial charge in [-0.05, 0) is 48.7 Å². The Kier molecular flexibility index (Phi) is 2.91. The Morgan fingerprint density at radius 3 is 3.00 bits per heavy atom. The molecule has 1 aromatic carbocycles. The summed E-state index contributed by atoms with van der Waals surface area (Å²) in [5.74, 6) is -0.00109. The fourth-order valence-corrected chi connectivity index (χ4v) is 2.47. The lowest BCUT2D eigenvalue weighted by molar-refractivity contribution is 0.0985. The molecule has 0 radical (unpaired) electrons. The van der Waals surface area contributed by atoms with Gasteiger partial charge >= 0.3 is 0 Å². The van der Waals surface area contributed by atoms with Crippen LogP contribution >= 0.6 is 0 Å². The molecule has 1 aliphatic heterocycles. The van der Waals surface area contributed by atoms with Crippen molar-refractivity contribution in [3.63, 3.8) is 0 Å². The van der Waals surface area contributed by atoms with Crippen LogP contribution in [0.1, 0.15) is 22.3 Å². The first-order chi connectivity index (χ1) is 9.25. The van der Waals surface area contributed by atoms with Crippen molar-refractivity contribution in [2.45, 2.75) is 12.8 Å². The van der Waals surface area contributed by atoms with Crippen LogP contribution in [0.3, 0.4) is 0 Å². The molecule has 0 saturated carbocycles. The zero-order chi connectivity index (χ0) is 13.2. The number of nitrogen functional groups attached to an aromatic ring is 1. The third-order valence-corrected chi connectivity index (χ3v) is 3.38. The Labute approximate surface area is 111 Å². The van der Waals surface area contributed by atoms with E-state index in [0.717, 1.165) is 36.3 Å². The first kappa shape index (κ1) is 11.7. The summed E-state index contributed by atoms with van der Waals surface area (Å²) in [4.78, 5) is 18.3. The van der Waals surface area contributed by atoms with Crippen LogP contribution in [-0.4, -0.2) is 17.4 Å². The van der Waals surface area contributed by atoms with Gasteiger partial charge in [-0.3, -0.25) is 9.78 Å². The van der Waals surface area contributed by atoms with E-state index < -0.39 is 0 Å². The molecule has 1 aliphatic rings. The van der Waals surface area contributed by atoms with Crippen LogP contribution in [0.2, 0.25) is 0 Å². The maximum Gasteiger partial charge on any atom is 0.259 e. The number of nitrogens with zero attached hydrogens (tertiary/aromatic N) is 2. The van der Waals surface area contributed by atoms with Gasteiger partial charge in [0.25, 0.3) is 5.91 Å². The maximum atomic E-state index is 12.5. The molecule has 0 saturated heterocycles. The first-order valence-corrected chi connectivity index (χ1v) is 6.36. The summed E-state index contributed by atoms with van der Waals surface area (Å²) in [6.07, 6.45) is 5.20. The molecule has 0 atom stereocenters. The fourth-order valence-electron chi connectivity index (χ4n) is 2.47. The van der Waals surface area contributed by atoms with E-state index in [-0.39, 0.29) is 5.91 Å². The molecule has 0 fully saturated rings. The van der Waals surface area contributed by atoms with Crippen molar-refractivity contribution in [1.29, 1.82) is 0 Å². The Morgan fingerprint density at radius 2 is 2.21 bits per heavy atom. The molecule has 19 heavy (non-hydrogen) atoms. The van der Waals surface area contributed by atoms with Gasteiger partial charge in [-0.25, -0.2) is 0 Å². The second-order valence-electron chi connectivity index (χ2n) is 4.69. The lowest BCUT2D eigenvalue weighted by Crippen LogP contribution is -2.35. The number of nitrogens with two attached hydrogens (primary N) is 1. The van der Waals surface area contributed by atoms with Gasteiger partial charge in [0.15, 0.2) is 0 Å². The molecule has 3 rings (SSSR count). The SMILES string of the molecule is Nc1ccc2c(c1)CCCN2C(=O)c1cccnc1. The highest BCUT2D eigenvalue weighted by Gasteiger charge is 2.23. The number of benzene rings is 1. The summed E-state index contributed by atoms with van der Waals surface area (Å²) in [6.45, 7) is 0.741. The quantitative estimate of drug-likeness (QED) is 0.793. The van der Waals surface area contributed by atoms with Gasteiger partial charge in [-0.15, -0.1) is 0 Å². The summed E-state index contributed by atoms with van der Waals surface area (Å²) >= 11 is 0. The molecule has 1 amide bonds. The van der Waals surface area contributed by atoms with Crippen LogP contribution < -0.4 is 10.6 Å². The maximum absolute atomic E-state index is 12.5. The number of rotatable bonds is 1. The third kappa shape index (κ3) is 2.17. The molecular weight excluding hydrogens is 238 g/mol. The van der Waals surface area contributed by atoms with E-state index >= 15 is 0 Å². The predicted molar refractivity (Wildman–Crippen MR) is 75.1 cm³/mol. The number of carbonyl (C=O) groups is 1. The van der Waals surface area contributed by atoms with Crippen molar-refractivity contribution in [1.82, 2.24) is 4.98 Å². The lowest BCUT2D eigenvalue weighted by atomic mass is 10.0. The number of hydrogen-bond donors (Lipinski definition) is 1. The van der Waals surface area contributed by atoms with Crippen molar-refractivity contribution in [2.24, 2.45) is 0 Å². The molecule has 0 bridgehead atoms. The van der Waals surface area contributed by atoms with Gasteiger partial charge in [0.05, 0.1) is 5.56 Å². The minimum atomic E-state index is -0.00109. The molecular formula is C15H15N3O. The van der Waals surface area contributed by atoms with Crippen LogP contribution in [0.4, 0.5) is 11.4 Å². The monoisotopic (exact) mass is 253 g/mol. The zero-order valence-electron chi connectivity index (χ0n) is 10.5. The number of fused-ring (bicyclic) bond motifs is 1. The predicted octanol–water partition coefficient (Wildman–Crippen LogP) is 2.26. The largest absolute Gasteiger partial charge is 0.399 e. The highest BCUT2D eigenvalue weighted by Crippen LogP contribution is 2.29. The number of anilines is 2. The van der Waals surface area contributed by atoms with E-state index in [1.165, 1.54) is 0 Å². The van der Waals surface area contributed by atoms with Gasteiger partial charge in [0.2, 0.25) is 0 Å². The first-order valence-electron chi connectivity index (χ1n) is 6.36. The molecule has 0 aliphatic carbocycles. The second kappa shape index (κ2) is 4.72. The summed E-state index contributed by atoms with van der Waals surface area (Å²) in [5.41, 5.74) is 9.27. The van der Waals surface area contributed by atoms with Crippen LogP contribution in [-0.2, 0) is 6.42 Å². The Hall–Kier alpha value is -2.36. The van der Waals surface area contributed by atoms with E-state index in [4.69, 9.17) is 5.73 Å². The molecule has 2 heterocycles. The van der Waals surface area contributed by atoms with Crippen molar-refractivity contribution < 1.29 is 4.79 Å². The van der Waals surface area contributed by atoms with E-state index in [2.05, 4.69) is 4.98 Å². The summed E-state index contributed by atoms with van der Waals surface area (Å²) in [7, 11) is 0. The summed E-state index contributed by atoms with van der Waals surface area (Å²) < 4.78 is 0. The molecule has 2 aromatic rings. The fraction of sp³-hybridized carbons (Fsp3) is 0.200. The average Bonchev–Trinajstić information content (AvgIpc) is 2.46. The molecule has 2 N–H and O–H groups in total. The number of aromatic nitrogens is 1.